The van der Waals surface area contributed by atoms with E-state index in [4.69, 9.17) is 5.26 Å². The number of aryl methyl sites for hydroxylation is 1. The predicted molar refractivity (Wildman–Crippen MR) is 127 cm³/mol. The Labute approximate surface area is 190 Å². The Kier molecular flexibility index (Phi) is 5.78. The van der Waals surface area contributed by atoms with E-state index in [2.05, 4.69) is 29.4 Å². The fraction of sp³-hybridized carbons (Fsp3) is 0.125. The molecule has 1 N–H and O–H groups in total. The van der Waals surface area contributed by atoms with Gasteiger partial charge < -0.3 is 5.32 Å². The Balaban J connectivity index is 1.65. The normalized spacial score (nSPS) is 11.3. The van der Waals surface area contributed by atoms with E-state index < -0.39 is 15.7 Å². The van der Waals surface area contributed by atoms with Crippen molar-refractivity contribution < 1.29 is 13.2 Å². The van der Waals surface area contributed by atoms with Crippen LogP contribution >= 0.6 is 11.3 Å². The molecule has 0 saturated carbocycles. The van der Waals surface area contributed by atoms with E-state index in [0.717, 1.165) is 33.5 Å². The van der Waals surface area contributed by atoms with E-state index in [1.54, 1.807) is 6.07 Å². The lowest BCUT2D eigenvalue weighted by Gasteiger charge is -2.09. The first-order valence-corrected chi connectivity index (χ1v) is 12.5. The van der Waals surface area contributed by atoms with E-state index in [1.807, 2.05) is 30.3 Å². The highest BCUT2D eigenvalue weighted by Gasteiger charge is 2.20. The molecule has 4 rings (SSSR count). The molecule has 0 atom stereocenters. The molecule has 3 aromatic carbocycles. The van der Waals surface area contributed by atoms with Crippen LogP contribution in [0, 0.1) is 11.3 Å². The van der Waals surface area contributed by atoms with Gasteiger partial charge in [-0.2, -0.15) is 5.26 Å². The molecule has 1 heterocycles. The molecule has 1 aromatic heterocycles. The molecule has 0 fully saturated rings. The van der Waals surface area contributed by atoms with Gasteiger partial charge >= 0.3 is 0 Å². The number of anilines is 1. The van der Waals surface area contributed by atoms with Gasteiger partial charge in [0.05, 0.1) is 32.3 Å². The van der Waals surface area contributed by atoms with Crippen molar-refractivity contribution in [1.29, 1.82) is 5.26 Å². The summed E-state index contributed by atoms with van der Waals surface area (Å²) >= 11 is 1.51. The number of hydrogen-bond acceptors (Lipinski definition) is 6. The van der Waals surface area contributed by atoms with Crippen LogP contribution in [-0.2, 0) is 16.3 Å². The van der Waals surface area contributed by atoms with Crippen molar-refractivity contribution in [3.8, 4) is 16.6 Å². The number of benzene rings is 3. The van der Waals surface area contributed by atoms with Gasteiger partial charge in [-0.15, -0.1) is 11.3 Å². The van der Waals surface area contributed by atoms with E-state index in [0.29, 0.717) is 5.69 Å². The molecule has 6 nitrogen and oxygen atoms in total. The largest absolute Gasteiger partial charge is 0.322 e. The van der Waals surface area contributed by atoms with Crippen molar-refractivity contribution in [3.05, 3.63) is 77.4 Å². The van der Waals surface area contributed by atoms with Crippen LogP contribution in [-0.4, -0.2) is 25.6 Å². The number of amides is 1. The Morgan fingerprint density at radius 3 is 2.50 bits per heavy atom. The average molecular weight is 462 g/mol. The molecular formula is C24H19N3O3S2. The molecule has 0 saturated heterocycles. The molecule has 0 bridgehead atoms. The number of fused-ring (bicyclic) bond motifs is 1. The molecule has 0 aliphatic carbocycles. The summed E-state index contributed by atoms with van der Waals surface area (Å²) in [6, 6.07) is 19.5. The van der Waals surface area contributed by atoms with Crippen LogP contribution < -0.4 is 5.32 Å². The zero-order valence-corrected chi connectivity index (χ0v) is 19.0. The third kappa shape index (κ3) is 4.40. The standard InChI is InChI=1S/C24H19N3O3S2/c1-3-15-4-7-17(8-5-15)24-27-20-10-9-18(13-21(20)31-24)26-23(28)19-12-16(14-25)6-11-22(19)32(2,29)30/h4-13H,3H2,1-2H3,(H,26,28). The Hall–Kier alpha value is -3.54. The second kappa shape index (κ2) is 8.54. The Morgan fingerprint density at radius 1 is 1.09 bits per heavy atom. The molecule has 0 radical (unpaired) electrons. The maximum absolute atomic E-state index is 12.9. The first-order valence-electron chi connectivity index (χ1n) is 9.84. The number of thiazole rings is 1. The van der Waals surface area contributed by atoms with E-state index in [9.17, 15) is 13.2 Å². The number of nitriles is 1. The van der Waals surface area contributed by atoms with Crippen LogP contribution in [0.1, 0.15) is 28.4 Å². The van der Waals surface area contributed by atoms with Crippen molar-refractivity contribution in [1.82, 2.24) is 4.98 Å². The maximum Gasteiger partial charge on any atom is 0.257 e. The molecule has 8 heteroatoms. The van der Waals surface area contributed by atoms with Gasteiger partial charge in [-0.1, -0.05) is 31.2 Å². The number of hydrogen-bond donors (Lipinski definition) is 1. The zero-order valence-electron chi connectivity index (χ0n) is 17.4. The monoisotopic (exact) mass is 461 g/mol. The van der Waals surface area contributed by atoms with Crippen LogP contribution in [0.2, 0.25) is 0 Å². The van der Waals surface area contributed by atoms with Gasteiger partial charge in [0.1, 0.15) is 5.01 Å². The quantitative estimate of drug-likeness (QED) is 0.448. The summed E-state index contributed by atoms with van der Waals surface area (Å²) in [6.45, 7) is 2.11. The second-order valence-corrected chi connectivity index (χ2v) is 10.3. The minimum atomic E-state index is -3.64. The van der Waals surface area contributed by atoms with Crippen molar-refractivity contribution in [3.63, 3.8) is 0 Å². The molecule has 0 aliphatic heterocycles. The number of carbonyl (C=O) groups is 1. The second-order valence-electron chi connectivity index (χ2n) is 7.30. The smallest absolute Gasteiger partial charge is 0.257 e. The van der Waals surface area contributed by atoms with Crippen LogP contribution in [0.15, 0.2) is 65.6 Å². The summed E-state index contributed by atoms with van der Waals surface area (Å²) in [5.74, 6) is -0.596. The van der Waals surface area contributed by atoms with Crippen LogP contribution in [0.3, 0.4) is 0 Å². The van der Waals surface area contributed by atoms with E-state index >= 15 is 0 Å². The highest BCUT2D eigenvalue weighted by Crippen LogP contribution is 2.32. The summed E-state index contributed by atoms with van der Waals surface area (Å²) in [7, 11) is -3.64. The summed E-state index contributed by atoms with van der Waals surface area (Å²) < 4.78 is 25.1. The first-order chi connectivity index (χ1) is 15.3. The maximum atomic E-state index is 12.9. The average Bonchev–Trinajstić information content (AvgIpc) is 3.21. The number of nitrogens with zero attached hydrogens (tertiary/aromatic N) is 2. The van der Waals surface area contributed by atoms with E-state index in [1.165, 1.54) is 35.1 Å². The molecule has 0 unspecified atom stereocenters. The molecular weight excluding hydrogens is 442 g/mol. The number of aromatic nitrogens is 1. The minimum Gasteiger partial charge on any atom is -0.322 e. The predicted octanol–water partition coefficient (Wildman–Crippen LogP) is 5.05. The van der Waals surface area contributed by atoms with Crippen molar-refractivity contribution in [2.75, 3.05) is 11.6 Å². The van der Waals surface area contributed by atoms with E-state index in [-0.39, 0.29) is 16.0 Å². The molecule has 32 heavy (non-hydrogen) atoms. The summed E-state index contributed by atoms with van der Waals surface area (Å²) in [5, 5.41) is 12.8. The van der Waals surface area contributed by atoms with Gasteiger partial charge in [0, 0.05) is 17.5 Å². The van der Waals surface area contributed by atoms with Gasteiger partial charge in [0.15, 0.2) is 9.84 Å². The van der Waals surface area contributed by atoms with Crippen LogP contribution in [0.4, 0.5) is 5.69 Å². The fourth-order valence-electron chi connectivity index (χ4n) is 3.31. The highest BCUT2D eigenvalue weighted by molar-refractivity contribution is 7.90. The van der Waals surface area contributed by atoms with Crippen LogP contribution in [0.25, 0.3) is 20.8 Å². The zero-order chi connectivity index (χ0) is 22.9. The van der Waals surface area contributed by atoms with Crippen molar-refractivity contribution in [2.45, 2.75) is 18.2 Å². The van der Waals surface area contributed by atoms with Crippen molar-refractivity contribution >= 4 is 43.0 Å². The molecule has 160 valence electrons. The molecule has 1 amide bonds. The molecule has 0 aliphatic rings. The van der Waals surface area contributed by atoms with Crippen LogP contribution in [0.5, 0.6) is 0 Å². The minimum absolute atomic E-state index is 0.0624. The lowest BCUT2D eigenvalue weighted by molar-refractivity contribution is 0.102. The lowest BCUT2D eigenvalue weighted by Crippen LogP contribution is -2.16. The number of nitrogens with one attached hydrogen (secondary N) is 1. The van der Waals surface area contributed by atoms with Gasteiger partial charge in [-0.3, -0.25) is 4.79 Å². The Morgan fingerprint density at radius 2 is 1.84 bits per heavy atom. The summed E-state index contributed by atoms with van der Waals surface area (Å²) in [6.07, 6.45) is 2.00. The molecule has 0 spiro atoms. The van der Waals surface area contributed by atoms with Gasteiger partial charge in [0.25, 0.3) is 5.91 Å². The molecule has 4 aromatic rings. The first kappa shape index (κ1) is 21.7. The third-order valence-corrected chi connectivity index (χ3v) is 7.23. The van der Waals surface area contributed by atoms with Gasteiger partial charge in [0.2, 0.25) is 0 Å². The lowest BCUT2D eigenvalue weighted by atomic mass is 10.1. The summed E-state index contributed by atoms with van der Waals surface area (Å²) in [4.78, 5) is 17.4. The SMILES string of the molecule is CCc1ccc(-c2nc3ccc(NC(=O)c4cc(C#N)ccc4S(C)(=O)=O)cc3s2)cc1. The van der Waals surface area contributed by atoms with Crippen molar-refractivity contribution in [2.24, 2.45) is 0 Å². The van der Waals surface area contributed by atoms with Gasteiger partial charge in [-0.05, 0) is 48.4 Å². The number of sulfone groups is 1. The summed E-state index contributed by atoms with van der Waals surface area (Å²) in [5.41, 5.74) is 3.76. The third-order valence-electron chi connectivity index (χ3n) is 5.01. The fourth-order valence-corrected chi connectivity index (χ4v) is 5.18. The number of rotatable bonds is 5. The number of carbonyl (C=O) groups excluding carboxylic acids is 1. The van der Waals surface area contributed by atoms with Gasteiger partial charge in [-0.25, -0.2) is 13.4 Å². The topological polar surface area (TPSA) is 99.9 Å². The Bertz CT molecular complexity index is 1480. The highest BCUT2D eigenvalue weighted by atomic mass is 32.2.